The molecule has 5 heteroatoms. The highest BCUT2D eigenvalue weighted by Gasteiger charge is 2.03. The number of amides is 1. The fraction of sp³-hybridized carbons (Fsp3) is 0.962. The normalized spacial score (nSPS) is 11.4. The van der Waals surface area contributed by atoms with Crippen molar-refractivity contribution in [1.29, 1.82) is 0 Å². The van der Waals surface area contributed by atoms with Gasteiger partial charge >= 0.3 is 0 Å². The summed E-state index contributed by atoms with van der Waals surface area (Å²) in [5.74, 6) is 0.156. The van der Waals surface area contributed by atoms with Crippen molar-refractivity contribution < 1.29 is 9.90 Å². The van der Waals surface area contributed by atoms with Gasteiger partial charge in [-0.05, 0) is 19.4 Å². The number of carbonyl (C=O) groups excluding carboxylic acids is 1. The van der Waals surface area contributed by atoms with E-state index in [0.29, 0.717) is 6.42 Å². The van der Waals surface area contributed by atoms with E-state index < -0.39 is 0 Å². The molecule has 186 valence electrons. The van der Waals surface area contributed by atoms with Crippen molar-refractivity contribution in [1.82, 2.24) is 15.5 Å². The number of aliphatic hydroxyl groups excluding tert-OH is 1. The summed E-state index contributed by atoms with van der Waals surface area (Å²) in [5.41, 5.74) is 0. The molecule has 0 aromatic rings. The molecule has 3 N–H and O–H groups in total. The number of carbonyl (C=O) groups is 1. The lowest BCUT2D eigenvalue weighted by Gasteiger charge is -2.20. The average molecular weight is 442 g/mol. The quantitative estimate of drug-likeness (QED) is 0.169. The molecule has 0 aromatic heterocycles. The minimum Gasteiger partial charge on any atom is -0.395 e. The summed E-state index contributed by atoms with van der Waals surface area (Å²) < 4.78 is 0. The van der Waals surface area contributed by atoms with Crippen LogP contribution in [0.4, 0.5) is 0 Å². The maximum Gasteiger partial charge on any atom is 0.221 e. The van der Waals surface area contributed by atoms with Gasteiger partial charge in [-0.1, -0.05) is 97.3 Å². The van der Waals surface area contributed by atoms with Gasteiger partial charge in [0.1, 0.15) is 0 Å². The SMILES string of the molecule is CCCCCCCCCCCCCCCCNC(=O)CCNCCN(CCC)CCO. The monoisotopic (exact) mass is 441 g/mol. The molecule has 0 aliphatic carbocycles. The third-order valence-corrected chi connectivity index (χ3v) is 5.94. The standard InChI is InChI=1S/C26H55N3O2/c1-3-5-6-7-8-9-10-11-12-13-14-15-16-17-19-28-26(31)18-20-27-21-23-29(22-4-2)24-25-30/h27,30H,3-25H2,1-2H3,(H,28,31). The Labute approximate surface area is 194 Å². The van der Waals surface area contributed by atoms with Crippen molar-refractivity contribution in [2.75, 3.05) is 45.9 Å². The highest BCUT2D eigenvalue weighted by Crippen LogP contribution is 2.12. The van der Waals surface area contributed by atoms with Crippen LogP contribution in [0.25, 0.3) is 0 Å². The zero-order chi connectivity index (χ0) is 22.8. The molecule has 0 aliphatic heterocycles. The Morgan fingerprint density at radius 2 is 1.19 bits per heavy atom. The Balaban J connectivity index is 3.27. The Bertz CT molecular complexity index is 361. The van der Waals surface area contributed by atoms with E-state index in [1.807, 2.05) is 0 Å². The predicted molar refractivity (Wildman–Crippen MR) is 135 cm³/mol. The molecule has 0 fully saturated rings. The number of nitrogens with zero attached hydrogens (tertiary/aromatic N) is 1. The maximum absolute atomic E-state index is 11.9. The summed E-state index contributed by atoms with van der Waals surface area (Å²) in [6.07, 6.45) is 20.7. The van der Waals surface area contributed by atoms with Gasteiger partial charge < -0.3 is 15.7 Å². The minimum absolute atomic E-state index is 0.156. The molecule has 0 unspecified atom stereocenters. The van der Waals surface area contributed by atoms with Gasteiger partial charge in [0, 0.05) is 39.1 Å². The van der Waals surface area contributed by atoms with E-state index in [-0.39, 0.29) is 12.5 Å². The molecule has 0 saturated carbocycles. The molecular weight excluding hydrogens is 386 g/mol. The largest absolute Gasteiger partial charge is 0.395 e. The van der Waals surface area contributed by atoms with Gasteiger partial charge in [0.05, 0.1) is 6.61 Å². The number of aliphatic hydroxyl groups is 1. The van der Waals surface area contributed by atoms with Crippen LogP contribution in [0.5, 0.6) is 0 Å². The van der Waals surface area contributed by atoms with Crippen LogP contribution in [-0.2, 0) is 4.79 Å². The maximum atomic E-state index is 11.9. The van der Waals surface area contributed by atoms with Gasteiger partial charge in [-0.3, -0.25) is 9.69 Å². The van der Waals surface area contributed by atoms with Crippen LogP contribution < -0.4 is 10.6 Å². The van der Waals surface area contributed by atoms with Crippen LogP contribution in [0.15, 0.2) is 0 Å². The third kappa shape index (κ3) is 23.8. The lowest BCUT2D eigenvalue weighted by atomic mass is 10.0. The van der Waals surface area contributed by atoms with Gasteiger partial charge in [-0.2, -0.15) is 0 Å². The van der Waals surface area contributed by atoms with Gasteiger partial charge in [-0.15, -0.1) is 0 Å². The molecule has 0 rings (SSSR count). The Kier molecular flexibility index (Phi) is 25.1. The Morgan fingerprint density at radius 3 is 1.71 bits per heavy atom. The second-order valence-electron chi connectivity index (χ2n) is 9.01. The number of rotatable bonds is 25. The van der Waals surface area contributed by atoms with Gasteiger partial charge in [0.15, 0.2) is 0 Å². The van der Waals surface area contributed by atoms with Gasteiger partial charge in [0.2, 0.25) is 5.91 Å². The molecule has 1 amide bonds. The van der Waals surface area contributed by atoms with Crippen molar-refractivity contribution in [2.24, 2.45) is 0 Å². The molecule has 0 saturated heterocycles. The van der Waals surface area contributed by atoms with Crippen LogP contribution in [-0.4, -0.2) is 61.8 Å². The van der Waals surface area contributed by atoms with E-state index in [2.05, 4.69) is 29.4 Å². The average Bonchev–Trinajstić information content (AvgIpc) is 2.76. The summed E-state index contributed by atoms with van der Waals surface area (Å²) in [4.78, 5) is 14.1. The van der Waals surface area contributed by atoms with E-state index in [1.54, 1.807) is 0 Å². The van der Waals surface area contributed by atoms with E-state index in [9.17, 15) is 4.79 Å². The molecule has 0 atom stereocenters. The Hall–Kier alpha value is -0.650. The van der Waals surface area contributed by atoms with E-state index in [4.69, 9.17) is 5.11 Å². The molecule has 0 spiro atoms. The highest BCUT2D eigenvalue weighted by atomic mass is 16.3. The molecular formula is C26H55N3O2. The van der Waals surface area contributed by atoms with Crippen LogP contribution in [0, 0.1) is 0 Å². The van der Waals surface area contributed by atoms with Crippen molar-refractivity contribution in [2.45, 2.75) is 117 Å². The van der Waals surface area contributed by atoms with Gasteiger partial charge in [0.25, 0.3) is 0 Å². The summed E-state index contributed by atoms with van der Waals surface area (Å²) in [5, 5.41) is 15.4. The first-order valence-corrected chi connectivity index (χ1v) is 13.5. The molecule has 0 aromatic carbocycles. The Morgan fingerprint density at radius 1 is 0.645 bits per heavy atom. The van der Waals surface area contributed by atoms with Crippen molar-refractivity contribution >= 4 is 5.91 Å². The smallest absolute Gasteiger partial charge is 0.221 e. The zero-order valence-corrected chi connectivity index (χ0v) is 21.1. The second kappa shape index (κ2) is 25.6. The molecule has 0 bridgehead atoms. The number of hydrogen-bond donors (Lipinski definition) is 3. The van der Waals surface area contributed by atoms with Crippen molar-refractivity contribution in [3.05, 3.63) is 0 Å². The number of nitrogens with one attached hydrogen (secondary N) is 2. The van der Waals surface area contributed by atoms with Crippen LogP contribution in [0.2, 0.25) is 0 Å². The zero-order valence-electron chi connectivity index (χ0n) is 21.1. The van der Waals surface area contributed by atoms with Crippen LogP contribution in [0.1, 0.15) is 117 Å². The number of unbranched alkanes of at least 4 members (excludes halogenated alkanes) is 13. The summed E-state index contributed by atoms with van der Waals surface area (Å²) in [7, 11) is 0. The first kappa shape index (κ1) is 30.4. The molecule has 0 aliphatic rings. The van der Waals surface area contributed by atoms with E-state index in [1.165, 1.54) is 83.5 Å². The topological polar surface area (TPSA) is 64.6 Å². The fourth-order valence-electron chi connectivity index (χ4n) is 3.99. The first-order valence-electron chi connectivity index (χ1n) is 13.5. The molecule has 31 heavy (non-hydrogen) atoms. The molecule has 0 heterocycles. The molecule has 5 nitrogen and oxygen atoms in total. The lowest BCUT2D eigenvalue weighted by molar-refractivity contribution is -0.121. The summed E-state index contributed by atoms with van der Waals surface area (Å²) in [6, 6.07) is 0. The van der Waals surface area contributed by atoms with E-state index in [0.717, 1.165) is 52.1 Å². The fourth-order valence-corrected chi connectivity index (χ4v) is 3.99. The predicted octanol–water partition coefficient (Wildman–Crippen LogP) is 5.27. The first-order chi connectivity index (χ1) is 15.2. The van der Waals surface area contributed by atoms with Crippen LogP contribution in [0.3, 0.4) is 0 Å². The van der Waals surface area contributed by atoms with E-state index >= 15 is 0 Å². The van der Waals surface area contributed by atoms with Gasteiger partial charge in [-0.25, -0.2) is 0 Å². The second-order valence-corrected chi connectivity index (χ2v) is 9.01. The lowest BCUT2D eigenvalue weighted by Crippen LogP contribution is -2.36. The van der Waals surface area contributed by atoms with Crippen molar-refractivity contribution in [3.8, 4) is 0 Å². The minimum atomic E-state index is 0.156. The van der Waals surface area contributed by atoms with Crippen LogP contribution >= 0.6 is 0 Å². The summed E-state index contributed by atoms with van der Waals surface area (Å²) in [6.45, 7) is 9.72. The summed E-state index contributed by atoms with van der Waals surface area (Å²) >= 11 is 0. The van der Waals surface area contributed by atoms with Crippen molar-refractivity contribution in [3.63, 3.8) is 0 Å². The number of hydrogen-bond acceptors (Lipinski definition) is 4. The highest BCUT2D eigenvalue weighted by molar-refractivity contribution is 5.75. The third-order valence-electron chi connectivity index (χ3n) is 5.94. The molecule has 0 radical (unpaired) electrons.